The zero-order valence-corrected chi connectivity index (χ0v) is 9.47. The minimum absolute atomic E-state index is 0.186. The van der Waals surface area contributed by atoms with Crippen molar-refractivity contribution in [2.45, 2.75) is 43.4 Å². The Hall–Kier alpha value is -0.380. The van der Waals surface area contributed by atoms with E-state index in [0.717, 1.165) is 12.3 Å². The Labute approximate surface area is 86.0 Å². The number of hydrogen-bond acceptors (Lipinski definition) is 3. The Balaban J connectivity index is 2.18. The zero-order chi connectivity index (χ0) is 9.47. The van der Waals surface area contributed by atoms with Crippen molar-refractivity contribution in [2.75, 3.05) is 0 Å². The fraction of sp³-hybridized carbons (Fsp3) is 0.778. The average molecular weight is 245 g/mol. The molecule has 0 radical (unpaired) electrons. The average Bonchev–Trinajstić information content (AvgIpc) is 2.72. The Bertz CT molecular complexity index is 306. The lowest BCUT2D eigenvalue weighted by molar-refractivity contribution is 0.414. The van der Waals surface area contributed by atoms with E-state index in [-0.39, 0.29) is 10.2 Å². The Morgan fingerprint density at radius 3 is 2.77 bits per heavy atom. The molecule has 1 fully saturated rings. The third-order valence-corrected chi connectivity index (χ3v) is 3.62. The summed E-state index contributed by atoms with van der Waals surface area (Å²) in [6, 6.07) is 0. The quantitative estimate of drug-likeness (QED) is 0.768. The second-order valence-corrected chi connectivity index (χ2v) is 4.99. The molecular formula is C9H13BrN2O. The van der Waals surface area contributed by atoms with Crippen LogP contribution in [0, 0.1) is 0 Å². The van der Waals surface area contributed by atoms with Crippen molar-refractivity contribution in [3.63, 3.8) is 0 Å². The number of aromatic nitrogens is 2. The third-order valence-electron chi connectivity index (χ3n) is 2.58. The molecular weight excluding hydrogens is 232 g/mol. The van der Waals surface area contributed by atoms with E-state index in [4.69, 9.17) is 4.42 Å². The molecule has 1 heterocycles. The van der Waals surface area contributed by atoms with Gasteiger partial charge in [-0.25, -0.2) is 0 Å². The fourth-order valence-corrected chi connectivity index (χ4v) is 1.37. The summed E-state index contributed by atoms with van der Waals surface area (Å²) in [5, 5.41) is 8.10. The maximum absolute atomic E-state index is 5.59. The minimum atomic E-state index is 0.186. The monoisotopic (exact) mass is 244 g/mol. The Kier molecular flexibility index (Phi) is 2.18. The van der Waals surface area contributed by atoms with Crippen LogP contribution in [0.25, 0.3) is 0 Å². The van der Waals surface area contributed by atoms with Gasteiger partial charge in [0.15, 0.2) is 0 Å². The van der Waals surface area contributed by atoms with Gasteiger partial charge in [0.2, 0.25) is 11.8 Å². The number of nitrogens with zero attached hydrogens (tertiary/aromatic N) is 2. The van der Waals surface area contributed by atoms with Crippen molar-refractivity contribution in [3.8, 4) is 0 Å². The van der Waals surface area contributed by atoms with Gasteiger partial charge in [0.25, 0.3) is 0 Å². The highest BCUT2D eigenvalue weighted by Gasteiger charge is 2.44. The van der Waals surface area contributed by atoms with Crippen LogP contribution < -0.4 is 0 Å². The standard InChI is InChI=1S/C9H13BrN2O/c1-3-6(10)7-11-12-8(13-7)9(2)4-5-9/h6H,3-5H2,1-2H3. The third kappa shape index (κ3) is 1.64. The summed E-state index contributed by atoms with van der Waals surface area (Å²) in [6.45, 7) is 4.25. The molecule has 0 amide bonds. The van der Waals surface area contributed by atoms with E-state index >= 15 is 0 Å². The van der Waals surface area contributed by atoms with Gasteiger partial charge in [-0.2, -0.15) is 0 Å². The molecule has 1 atom stereocenters. The summed E-state index contributed by atoms with van der Waals surface area (Å²) in [6.07, 6.45) is 3.32. The van der Waals surface area contributed by atoms with E-state index < -0.39 is 0 Å². The molecule has 0 bridgehead atoms. The molecule has 1 saturated carbocycles. The van der Waals surface area contributed by atoms with Crippen LogP contribution in [0.1, 0.15) is 49.7 Å². The van der Waals surface area contributed by atoms with E-state index in [1.165, 1.54) is 12.8 Å². The van der Waals surface area contributed by atoms with Crippen molar-refractivity contribution in [2.24, 2.45) is 0 Å². The van der Waals surface area contributed by atoms with Crippen LogP contribution in [0.2, 0.25) is 0 Å². The van der Waals surface area contributed by atoms with Crippen LogP contribution in [0.4, 0.5) is 0 Å². The van der Waals surface area contributed by atoms with Crippen molar-refractivity contribution in [1.29, 1.82) is 0 Å². The van der Waals surface area contributed by atoms with Crippen molar-refractivity contribution in [3.05, 3.63) is 11.8 Å². The molecule has 1 aromatic heterocycles. The molecule has 1 aromatic rings. The lowest BCUT2D eigenvalue weighted by Gasteiger charge is -2.00. The largest absolute Gasteiger partial charge is 0.423 e. The molecule has 0 saturated heterocycles. The number of halogens is 1. The topological polar surface area (TPSA) is 38.9 Å². The van der Waals surface area contributed by atoms with Crippen LogP contribution in [0.15, 0.2) is 4.42 Å². The highest BCUT2D eigenvalue weighted by Crippen LogP contribution is 2.47. The predicted molar refractivity (Wildman–Crippen MR) is 52.8 cm³/mol. The first-order valence-electron chi connectivity index (χ1n) is 4.63. The van der Waals surface area contributed by atoms with Gasteiger partial charge in [-0.1, -0.05) is 29.8 Å². The lowest BCUT2D eigenvalue weighted by Crippen LogP contribution is -1.99. The first kappa shape index (κ1) is 9.19. The van der Waals surface area contributed by atoms with Crippen molar-refractivity contribution < 1.29 is 4.42 Å². The van der Waals surface area contributed by atoms with Gasteiger partial charge in [0.05, 0.1) is 4.83 Å². The van der Waals surface area contributed by atoms with Crippen LogP contribution in [-0.4, -0.2) is 10.2 Å². The van der Waals surface area contributed by atoms with Crippen molar-refractivity contribution in [1.82, 2.24) is 10.2 Å². The smallest absolute Gasteiger partial charge is 0.230 e. The second-order valence-electron chi connectivity index (χ2n) is 3.88. The molecule has 13 heavy (non-hydrogen) atoms. The first-order valence-corrected chi connectivity index (χ1v) is 5.55. The SMILES string of the molecule is CCC(Br)c1nnc(C2(C)CC2)o1. The highest BCUT2D eigenvalue weighted by molar-refractivity contribution is 9.09. The van der Waals surface area contributed by atoms with Gasteiger partial charge in [-0.05, 0) is 19.3 Å². The van der Waals surface area contributed by atoms with E-state index in [1.54, 1.807) is 0 Å². The van der Waals surface area contributed by atoms with Gasteiger partial charge < -0.3 is 4.42 Å². The molecule has 1 unspecified atom stereocenters. The highest BCUT2D eigenvalue weighted by atomic mass is 79.9. The summed E-state index contributed by atoms with van der Waals surface area (Å²) in [5.41, 5.74) is 0.186. The lowest BCUT2D eigenvalue weighted by atomic mass is 10.1. The normalized spacial score (nSPS) is 21.5. The molecule has 2 rings (SSSR count). The van der Waals surface area contributed by atoms with Crippen molar-refractivity contribution >= 4 is 15.9 Å². The van der Waals surface area contributed by atoms with E-state index in [2.05, 4.69) is 40.0 Å². The van der Waals surface area contributed by atoms with Gasteiger partial charge in [-0.3, -0.25) is 0 Å². The van der Waals surface area contributed by atoms with Crippen LogP contribution in [0.3, 0.4) is 0 Å². The minimum Gasteiger partial charge on any atom is -0.423 e. The van der Waals surface area contributed by atoms with E-state index in [0.29, 0.717) is 5.89 Å². The van der Waals surface area contributed by atoms with Crippen LogP contribution in [-0.2, 0) is 5.41 Å². The predicted octanol–water partition coefficient (Wildman–Crippen LogP) is 2.97. The molecule has 3 nitrogen and oxygen atoms in total. The van der Waals surface area contributed by atoms with Gasteiger partial charge in [0, 0.05) is 5.41 Å². The Morgan fingerprint density at radius 1 is 1.54 bits per heavy atom. The second kappa shape index (κ2) is 3.08. The van der Waals surface area contributed by atoms with Gasteiger partial charge in [0.1, 0.15) is 0 Å². The molecule has 0 aromatic carbocycles. The summed E-state index contributed by atoms with van der Waals surface area (Å²) < 4.78 is 5.59. The summed E-state index contributed by atoms with van der Waals surface area (Å²) >= 11 is 3.49. The fourth-order valence-electron chi connectivity index (χ4n) is 1.18. The molecule has 72 valence electrons. The molecule has 0 N–H and O–H groups in total. The number of hydrogen-bond donors (Lipinski definition) is 0. The first-order chi connectivity index (χ1) is 6.15. The van der Waals surface area contributed by atoms with E-state index in [1.807, 2.05) is 0 Å². The molecule has 1 aliphatic carbocycles. The molecule has 1 aliphatic rings. The molecule has 0 aliphatic heterocycles. The van der Waals surface area contributed by atoms with E-state index in [9.17, 15) is 0 Å². The number of alkyl halides is 1. The zero-order valence-electron chi connectivity index (χ0n) is 7.88. The van der Waals surface area contributed by atoms with Crippen LogP contribution >= 0.6 is 15.9 Å². The molecule has 0 spiro atoms. The van der Waals surface area contributed by atoms with Gasteiger partial charge >= 0.3 is 0 Å². The number of rotatable bonds is 3. The maximum atomic E-state index is 5.59. The summed E-state index contributed by atoms with van der Waals surface area (Å²) in [4.78, 5) is 0.205. The summed E-state index contributed by atoms with van der Waals surface area (Å²) in [7, 11) is 0. The molecule has 4 heteroatoms. The Morgan fingerprint density at radius 2 is 2.23 bits per heavy atom. The maximum Gasteiger partial charge on any atom is 0.230 e. The van der Waals surface area contributed by atoms with Crippen LogP contribution in [0.5, 0.6) is 0 Å². The van der Waals surface area contributed by atoms with Gasteiger partial charge in [-0.15, -0.1) is 10.2 Å². The summed E-state index contributed by atoms with van der Waals surface area (Å²) in [5.74, 6) is 1.52.